The molecule has 1 amide bonds. The molecule has 0 aliphatic carbocycles. The number of hydrogen-bond donors (Lipinski definition) is 4. The minimum absolute atomic E-state index is 0.229. The number of hydrogen-bond acceptors (Lipinski definition) is 6. The third-order valence-electron chi connectivity index (χ3n) is 4.24. The van der Waals surface area contributed by atoms with Gasteiger partial charge in [0.1, 0.15) is 11.2 Å². The zero-order valence-electron chi connectivity index (χ0n) is 15.1. The number of anilines is 1. The van der Waals surface area contributed by atoms with E-state index in [0.717, 1.165) is 17.8 Å². The van der Waals surface area contributed by atoms with Gasteiger partial charge in [0.2, 0.25) is 5.91 Å². The van der Waals surface area contributed by atoms with Gasteiger partial charge in [0.05, 0.1) is 23.8 Å². The van der Waals surface area contributed by atoms with Crippen LogP contribution < -0.4 is 5.32 Å². The molecule has 3 rings (SSSR count). The molecule has 0 spiro atoms. The van der Waals surface area contributed by atoms with Gasteiger partial charge in [-0.2, -0.15) is 0 Å². The van der Waals surface area contributed by atoms with E-state index in [1.165, 1.54) is 12.4 Å². The number of imidazole rings is 1. The summed E-state index contributed by atoms with van der Waals surface area (Å²) in [5.41, 5.74) is 0.915. The van der Waals surface area contributed by atoms with Gasteiger partial charge in [0, 0.05) is 18.7 Å². The highest BCUT2D eigenvalue weighted by Gasteiger charge is 2.17. The Balaban J connectivity index is 1.54. The first-order chi connectivity index (χ1) is 13.9. The van der Waals surface area contributed by atoms with Crippen molar-refractivity contribution in [1.82, 2.24) is 19.5 Å². The lowest BCUT2D eigenvalue weighted by Crippen LogP contribution is -2.14. The lowest BCUT2D eigenvalue weighted by atomic mass is 10.1. The van der Waals surface area contributed by atoms with Gasteiger partial charge in [0.15, 0.2) is 4.64 Å². The Morgan fingerprint density at radius 2 is 1.86 bits per heavy atom. The second-order valence-electron chi connectivity index (χ2n) is 6.22. The number of rotatable bonds is 8. The van der Waals surface area contributed by atoms with Crippen molar-refractivity contribution in [2.45, 2.75) is 25.8 Å². The molecule has 29 heavy (non-hydrogen) atoms. The first-order valence-electron chi connectivity index (χ1n) is 8.66. The highest BCUT2D eigenvalue weighted by atomic mass is 32.1. The van der Waals surface area contributed by atoms with Crippen LogP contribution in [0.25, 0.3) is 11.2 Å². The van der Waals surface area contributed by atoms with E-state index in [1.54, 1.807) is 6.33 Å². The Bertz CT molecular complexity index is 1150. The van der Waals surface area contributed by atoms with Gasteiger partial charge in [-0.3, -0.25) is 4.79 Å². The summed E-state index contributed by atoms with van der Waals surface area (Å²) in [6, 6.07) is 3.66. The summed E-state index contributed by atoms with van der Waals surface area (Å²) in [5, 5.41) is 20.7. The Morgan fingerprint density at radius 1 is 1.10 bits per heavy atom. The maximum atomic E-state index is 12.1. The summed E-state index contributed by atoms with van der Waals surface area (Å²) in [5.74, 6) is -3.01. The lowest BCUT2D eigenvalue weighted by Gasteiger charge is -2.08. The van der Waals surface area contributed by atoms with Crippen LogP contribution in [0.15, 0.2) is 30.9 Å². The number of fused-ring (bicyclic) bond motifs is 1. The first-order valence-corrected chi connectivity index (χ1v) is 9.06. The Kier molecular flexibility index (Phi) is 5.98. The van der Waals surface area contributed by atoms with Crippen molar-refractivity contribution in [1.29, 1.82) is 0 Å². The van der Waals surface area contributed by atoms with E-state index in [9.17, 15) is 14.4 Å². The number of carbonyl (C=O) groups excluding carboxylic acids is 1. The Hall–Kier alpha value is -3.60. The van der Waals surface area contributed by atoms with Crippen LogP contribution in [0.1, 0.15) is 40.0 Å². The molecule has 0 fully saturated rings. The van der Waals surface area contributed by atoms with Gasteiger partial charge in [-0.15, -0.1) is 0 Å². The molecule has 0 saturated heterocycles. The molecular weight excluding hydrogens is 398 g/mol. The summed E-state index contributed by atoms with van der Waals surface area (Å²) in [6.07, 6.45) is 4.71. The molecule has 10 nitrogen and oxygen atoms in total. The smallest absolute Gasteiger partial charge is 0.336 e. The van der Waals surface area contributed by atoms with E-state index in [2.05, 4.69) is 20.3 Å². The van der Waals surface area contributed by atoms with Crippen molar-refractivity contribution in [3.8, 4) is 0 Å². The van der Waals surface area contributed by atoms with Gasteiger partial charge in [-0.1, -0.05) is 12.2 Å². The number of aromatic nitrogens is 4. The maximum absolute atomic E-state index is 12.1. The van der Waals surface area contributed by atoms with Gasteiger partial charge in [-0.25, -0.2) is 19.6 Å². The Labute approximate surface area is 169 Å². The van der Waals surface area contributed by atoms with Crippen molar-refractivity contribution >= 4 is 46.9 Å². The number of nitrogens with zero attached hydrogens (tertiary/aromatic N) is 3. The third-order valence-corrected chi connectivity index (χ3v) is 4.54. The second kappa shape index (κ2) is 8.61. The number of unbranched alkanes of at least 4 members (excludes halogenated alkanes) is 1. The summed E-state index contributed by atoms with van der Waals surface area (Å²) in [7, 11) is 0. The van der Waals surface area contributed by atoms with Crippen LogP contribution >= 0.6 is 12.2 Å². The van der Waals surface area contributed by atoms with Crippen LogP contribution in [0.2, 0.25) is 0 Å². The van der Waals surface area contributed by atoms with Crippen LogP contribution in [0.4, 0.5) is 5.69 Å². The SMILES string of the molecule is O=C(CCCCn1cnc2c(=S)nc[nH]c21)Nc1ccc(C(=O)O)c(C(=O)O)c1. The predicted molar refractivity (Wildman–Crippen MR) is 106 cm³/mol. The van der Waals surface area contributed by atoms with E-state index in [-0.39, 0.29) is 29.1 Å². The van der Waals surface area contributed by atoms with Crippen molar-refractivity contribution < 1.29 is 24.6 Å². The molecule has 2 heterocycles. The molecule has 0 bridgehead atoms. The van der Waals surface area contributed by atoms with E-state index < -0.39 is 11.9 Å². The highest BCUT2D eigenvalue weighted by Crippen LogP contribution is 2.17. The van der Waals surface area contributed by atoms with Gasteiger partial charge >= 0.3 is 11.9 Å². The monoisotopic (exact) mass is 415 g/mol. The predicted octanol–water partition coefficient (Wildman–Crippen LogP) is 2.69. The molecular formula is C18H17N5O5S. The quantitative estimate of drug-likeness (QED) is 0.324. The minimum Gasteiger partial charge on any atom is -0.478 e. The fourth-order valence-electron chi connectivity index (χ4n) is 2.85. The van der Waals surface area contributed by atoms with Crippen LogP contribution in [-0.4, -0.2) is 47.6 Å². The summed E-state index contributed by atoms with van der Waals surface area (Å²) in [4.78, 5) is 45.6. The van der Waals surface area contributed by atoms with Gasteiger partial charge in [-0.05, 0) is 31.0 Å². The average Bonchev–Trinajstić information content (AvgIpc) is 3.09. The Morgan fingerprint density at radius 3 is 2.59 bits per heavy atom. The van der Waals surface area contributed by atoms with E-state index in [4.69, 9.17) is 22.4 Å². The van der Waals surface area contributed by atoms with E-state index in [0.29, 0.717) is 29.5 Å². The van der Waals surface area contributed by atoms with Crippen LogP contribution in [0.5, 0.6) is 0 Å². The zero-order valence-corrected chi connectivity index (χ0v) is 15.9. The standard InChI is InChI=1S/C18H17N5O5S/c24-13(22-10-4-5-11(17(25)26)12(7-10)18(27)28)3-1-2-6-23-9-21-14-15(23)19-8-20-16(14)29/h4-5,7-9H,1-3,6H2,(H,22,24)(H,25,26)(H,27,28)(H,19,20,29). The minimum atomic E-state index is -1.37. The number of carboxylic acids is 2. The summed E-state index contributed by atoms with van der Waals surface area (Å²) < 4.78 is 2.32. The number of carbonyl (C=O) groups is 3. The largest absolute Gasteiger partial charge is 0.478 e. The molecule has 0 atom stereocenters. The van der Waals surface area contributed by atoms with Gasteiger partial charge in [0.25, 0.3) is 0 Å². The van der Waals surface area contributed by atoms with E-state index >= 15 is 0 Å². The van der Waals surface area contributed by atoms with Crippen LogP contribution in [0, 0.1) is 4.64 Å². The summed E-state index contributed by atoms with van der Waals surface area (Å²) in [6.45, 7) is 0.634. The van der Waals surface area contributed by atoms with Gasteiger partial charge < -0.3 is 25.1 Å². The van der Waals surface area contributed by atoms with Crippen LogP contribution in [0.3, 0.4) is 0 Å². The number of aromatic carboxylic acids is 2. The number of amides is 1. The number of aromatic amines is 1. The molecule has 0 saturated carbocycles. The molecule has 0 aliphatic rings. The van der Waals surface area contributed by atoms with Crippen molar-refractivity contribution in [3.63, 3.8) is 0 Å². The van der Waals surface area contributed by atoms with Crippen LogP contribution in [-0.2, 0) is 11.3 Å². The second-order valence-corrected chi connectivity index (χ2v) is 6.61. The fraction of sp³-hybridized carbons (Fsp3) is 0.222. The van der Waals surface area contributed by atoms with Crippen molar-refractivity contribution in [2.24, 2.45) is 0 Å². The normalized spacial score (nSPS) is 10.8. The maximum Gasteiger partial charge on any atom is 0.336 e. The number of carboxylic acid groups (broad SMARTS) is 2. The summed E-state index contributed by atoms with van der Waals surface area (Å²) >= 11 is 5.12. The highest BCUT2D eigenvalue weighted by molar-refractivity contribution is 7.71. The molecule has 4 N–H and O–H groups in total. The number of nitrogens with one attached hydrogen (secondary N) is 2. The molecule has 0 aliphatic heterocycles. The molecule has 2 aromatic heterocycles. The first kappa shape index (κ1) is 20.1. The lowest BCUT2D eigenvalue weighted by molar-refractivity contribution is -0.116. The molecule has 150 valence electrons. The number of aryl methyl sites for hydroxylation is 1. The topological polar surface area (TPSA) is 150 Å². The number of benzene rings is 1. The average molecular weight is 415 g/mol. The molecule has 11 heteroatoms. The third kappa shape index (κ3) is 4.63. The number of H-pyrrole nitrogens is 1. The molecule has 0 unspecified atom stereocenters. The zero-order chi connectivity index (χ0) is 21.0. The van der Waals surface area contributed by atoms with Crippen molar-refractivity contribution in [2.75, 3.05) is 5.32 Å². The van der Waals surface area contributed by atoms with E-state index in [1.807, 2.05) is 4.57 Å². The molecule has 0 radical (unpaired) electrons. The molecule has 1 aromatic carbocycles. The molecule has 3 aromatic rings. The fourth-order valence-corrected chi connectivity index (χ4v) is 3.05. The van der Waals surface area contributed by atoms with Crippen molar-refractivity contribution in [3.05, 3.63) is 46.6 Å².